The van der Waals surface area contributed by atoms with Crippen LogP contribution in [0.5, 0.6) is 0 Å². The van der Waals surface area contributed by atoms with Gasteiger partial charge in [-0.15, -0.1) is 0 Å². The van der Waals surface area contributed by atoms with Crippen molar-refractivity contribution >= 4 is 15.9 Å². The Morgan fingerprint density at radius 3 is 2.47 bits per heavy atom. The topological polar surface area (TPSA) is 43.8 Å². The molecule has 1 heterocycles. The zero-order chi connectivity index (χ0) is 11.6. The molecule has 3 nitrogen and oxygen atoms in total. The number of rotatable bonds is 3. The van der Waals surface area contributed by atoms with Crippen LogP contribution in [0.15, 0.2) is 4.47 Å². The SMILES string of the molecule is Cc1c(Br)c(C(F)(F)F)nn1CCCN. The van der Waals surface area contributed by atoms with Gasteiger partial charge in [-0.1, -0.05) is 0 Å². The molecule has 7 heteroatoms. The van der Waals surface area contributed by atoms with E-state index in [1.165, 1.54) is 4.68 Å². The van der Waals surface area contributed by atoms with Gasteiger partial charge in [-0.3, -0.25) is 4.68 Å². The Morgan fingerprint density at radius 1 is 1.47 bits per heavy atom. The van der Waals surface area contributed by atoms with Gasteiger partial charge < -0.3 is 5.73 Å². The Hall–Kier alpha value is -0.560. The van der Waals surface area contributed by atoms with Crippen LogP contribution in [0, 0.1) is 6.92 Å². The predicted molar refractivity (Wildman–Crippen MR) is 53.3 cm³/mol. The van der Waals surface area contributed by atoms with Crippen LogP contribution in [0.25, 0.3) is 0 Å². The molecule has 0 unspecified atom stereocenters. The summed E-state index contributed by atoms with van der Waals surface area (Å²) in [6.45, 7) is 2.41. The van der Waals surface area contributed by atoms with Crippen molar-refractivity contribution in [1.29, 1.82) is 0 Å². The molecule has 2 N–H and O–H groups in total. The minimum Gasteiger partial charge on any atom is -0.330 e. The van der Waals surface area contributed by atoms with Crippen molar-refractivity contribution in [3.8, 4) is 0 Å². The van der Waals surface area contributed by atoms with Crippen LogP contribution >= 0.6 is 15.9 Å². The summed E-state index contributed by atoms with van der Waals surface area (Å²) in [6.07, 6.45) is -3.82. The maximum Gasteiger partial charge on any atom is 0.436 e. The maximum absolute atomic E-state index is 12.4. The average molecular weight is 286 g/mol. The van der Waals surface area contributed by atoms with Crippen molar-refractivity contribution < 1.29 is 13.2 Å². The molecule has 0 amide bonds. The lowest BCUT2D eigenvalue weighted by Crippen LogP contribution is -2.11. The summed E-state index contributed by atoms with van der Waals surface area (Å²) >= 11 is 2.89. The second-order valence-electron chi connectivity index (χ2n) is 3.11. The Bertz CT molecular complexity index is 346. The van der Waals surface area contributed by atoms with Crippen molar-refractivity contribution in [2.24, 2.45) is 5.73 Å². The lowest BCUT2D eigenvalue weighted by molar-refractivity contribution is -0.142. The number of halogens is 4. The molecule has 86 valence electrons. The van der Waals surface area contributed by atoms with Crippen LogP contribution in [-0.2, 0) is 12.7 Å². The van der Waals surface area contributed by atoms with Crippen molar-refractivity contribution in [2.45, 2.75) is 26.1 Å². The Kier molecular flexibility index (Phi) is 3.77. The first-order valence-corrected chi connectivity index (χ1v) is 5.17. The summed E-state index contributed by atoms with van der Waals surface area (Å²) in [4.78, 5) is 0. The third-order valence-corrected chi connectivity index (χ3v) is 2.93. The summed E-state index contributed by atoms with van der Waals surface area (Å²) in [5, 5.41) is 3.51. The molecule has 1 aromatic rings. The Balaban J connectivity index is 3.02. The summed E-state index contributed by atoms with van der Waals surface area (Å²) < 4.78 is 38.6. The minimum atomic E-state index is -4.42. The van der Waals surface area contributed by atoms with E-state index in [1.54, 1.807) is 6.92 Å². The second kappa shape index (κ2) is 4.52. The number of alkyl halides is 3. The van der Waals surface area contributed by atoms with E-state index in [0.717, 1.165) is 0 Å². The monoisotopic (exact) mass is 285 g/mol. The molecule has 0 aliphatic heterocycles. The van der Waals surface area contributed by atoms with Crippen molar-refractivity contribution in [3.05, 3.63) is 15.9 Å². The van der Waals surface area contributed by atoms with Crippen molar-refractivity contribution in [2.75, 3.05) is 6.54 Å². The molecule has 1 aromatic heterocycles. The standard InChI is InChI=1S/C8H11BrF3N3/c1-5-6(9)7(8(10,11)12)14-15(5)4-2-3-13/h2-4,13H2,1H3. The summed E-state index contributed by atoms with van der Waals surface area (Å²) in [5.41, 5.74) is 4.87. The van der Waals surface area contributed by atoms with Crippen molar-refractivity contribution in [3.63, 3.8) is 0 Å². The van der Waals surface area contributed by atoms with Crippen LogP contribution in [0.4, 0.5) is 13.2 Å². The largest absolute Gasteiger partial charge is 0.436 e. The fourth-order valence-corrected chi connectivity index (χ4v) is 1.67. The molecular weight excluding hydrogens is 275 g/mol. The molecule has 1 rings (SSSR count). The zero-order valence-electron chi connectivity index (χ0n) is 8.10. The quantitative estimate of drug-likeness (QED) is 0.926. The first-order valence-electron chi connectivity index (χ1n) is 4.38. The lowest BCUT2D eigenvalue weighted by atomic mass is 10.3. The lowest BCUT2D eigenvalue weighted by Gasteiger charge is -2.02. The predicted octanol–water partition coefficient (Wildman–Crippen LogP) is 2.32. The molecule has 0 radical (unpaired) electrons. The molecular formula is C8H11BrF3N3. The van der Waals surface area contributed by atoms with E-state index in [0.29, 0.717) is 25.2 Å². The van der Waals surface area contributed by atoms with E-state index >= 15 is 0 Å². The third-order valence-electron chi connectivity index (χ3n) is 1.98. The van der Waals surface area contributed by atoms with E-state index in [9.17, 15) is 13.2 Å². The highest BCUT2D eigenvalue weighted by molar-refractivity contribution is 9.10. The van der Waals surface area contributed by atoms with E-state index in [2.05, 4.69) is 21.0 Å². The number of aryl methyl sites for hydroxylation is 1. The highest BCUT2D eigenvalue weighted by Crippen LogP contribution is 2.35. The molecule has 0 aliphatic carbocycles. The third kappa shape index (κ3) is 2.72. The minimum absolute atomic E-state index is 0.00650. The van der Waals surface area contributed by atoms with Crippen molar-refractivity contribution in [1.82, 2.24) is 9.78 Å². The van der Waals surface area contributed by atoms with Crippen LogP contribution in [0.1, 0.15) is 17.8 Å². The Labute approximate surface area is 93.6 Å². The van der Waals surface area contributed by atoms with Crippen LogP contribution in [-0.4, -0.2) is 16.3 Å². The van der Waals surface area contributed by atoms with Gasteiger partial charge in [0.2, 0.25) is 0 Å². The number of hydrogen-bond donors (Lipinski definition) is 1. The molecule has 0 saturated carbocycles. The molecule has 0 saturated heterocycles. The molecule has 0 bridgehead atoms. The van der Waals surface area contributed by atoms with Crippen LogP contribution in [0.2, 0.25) is 0 Å². The highest BCUT2D eigenvalue weighted by Gasteiger charge is 2.37. The molecule has 0 atom stereocenters. The van der Waals surface area contributed by atoms with Gasteiger partial charge >= 0.3 is 6.18 Å². The van der Waals surface area contributed by atoms with Gasteiger partial charge in [0.15, 0.2) is 5.69 Å². The molecule has 0 aromatic carbocycles. The van der Waals surface area contributed by atoms with E-state index in [4.69, 9.17) is 5.73 Å². The maximum atomic E-state index is 12.4. The molecule has 0 spiro atoms. The van der Waals surface area contributed by atoms with E-state index in [-0.39, 0.29) is 4.47 Å². The average Bonchev–Trinajstić information content (AvgIpc) is 2.41. The second-order valence-corrected chi connectivity index (χ2v) is 3.90. The Morgan fingerprint density at radius 2 is 2.07 bits per heavy atom. The van der Waals surface area contributed by atoms with Gasteiger partial charge in [-0.25, -0.2) is 0 Å². The number of nitrogens with zero attached hydrogens (tertiary/aromatic N) is 2. The van der Waals surface area contributed by atoms with E-state index < -0.39 is 11.9 Å². The fraction of sp³-hybridized carbons (Fsp3) is 0.625. The van der Waals surface area contributed by atoms with Gasteiger partial charge in [-0.05, 0) is 35.8 Å². The van der Waals surface area contributed by atoms with E-state index in [1.807, 2.05) is 0 Å². The molecule has 0 aliphatic rings. The van der Waals surface area contributed by atoms with Gasteiger partial charge in [-0.2, -0.15) is 18.3 Å². The first kappa shape index (κ1) is 12.5. The smallest absolute Gasteiger partial charge is 0.330 e. The summed E-state index contributed by atoms with van der Waals surface area (Å²) in [6, 6.07) is 0. The molecule has 15 heavy (non-hydrogen) atoms. The van der Waals surface area contributed by atoms with Gasteiger partial charge in [0.05, 0.1) is 10.2 Å². The highest BCUT2D eigenvalue weighted by atomic mass is 79.9. The summed E-state index contributed by atoms with van der Waals surface area (Å²) in [7, 11) is 0. The number of nitrogens with two attached hydrogens (primary N) is 1. The first-order chi connectivity index (χ1) is 6.88. The van der Waals surface area contributed by atoms with Gasteiger partial charge in [0.1, 0.15) is 0 Å². The number of hydrogen-bond acceptors (Lipinski definition) is 2. The van der Waals surface area contributed by atoms with Gasteiger partial charge in [0, 0.05) is 6.54 Å². The summed E-state index contributed by atoms with van der Waals surface area (Å²) in [5.74, 6) is 0. The van der Waals surface area contributed by atoms with Crippen LogP contribution < -0.4 is 5.73 Å². The molecule has 0 fully saturated rings. The zero-order valence-corrected chi connectivity index (χ0v) is 9.69. The fourth-order valence-electron chi connectivity index (χ4n) is 1.16. The van der Waals surface area contributed by atoms with Gasteiger partial charge in [0.25, 0.3) is 0 Å². The normalized spacial score (nSPS) is 12.1. The van der Waals surface area contributed by atoms with Crippen LogP contribution in [0.3, 0.4) is 0 Å². The number of aromatic nitrogens is 2.